The molecule has 24 heavy (non-hydrogen) atoms. The zero-order valence-electron chi connectivity index (χ0n) is 12.8. The lowest BCUT2D eigenvalue weighted by Crippen LogP contribution is -2.12. The number of anilines is 1. The van der Waals surface area contributed by atoms with E-state index in [0.29, 0.717) is 11.4 Å². The van der Waals surface area contributed by atoms with Crippen LogP contribution in [0.1, 0.15) is 15.9 Å². The van der Waals surface area contributed by atoms with Crippen LogP contribution in [0.3, 0.4) is 0 Å². The normalized spacial score (nSPS) is 10.4. The summed E-state index contributed by atoms with van der Waals surface area (Å²) in [6.07, 6.45) is 4.60. The molecule has 1 N–H and O–H groups in total. The predicted octanol–water partition coefficient (Wildman–Crippen LogP) is 3.34. The van der Waals surface area contributed by atoms with E-state index < -0.39 is 10.8 Å². The highest BCUT2D eigenvalue weighted by atomic mass is 16.6. The first kappa shape index (κ1) is 15.4. The van der Waals surface area contributed by atoms with Crippen LogP contribution in [-0.2, 0) is 0 Å². The number of nitro benzene ring substituents is 1. The Bertz CT molecular complexity index is 887. The van der Waals surface area contributed by atoms with Gasteiger partial charge in [-0.15, -0.1) is 0 Å². The third kappa shape index (κ3) is 3.14. The molecule has 7 nitrogen and oxygen atoms in total. The maximum Gasteiger partial charge on any atom is 0.294 e. The summed E-state index contributed by atoms with van der Waals surface area (Å²) in [6.45, 7) is 1.95. The number of carbonyl (C=O) groups is 1. The zero-order valence-corrected chi connectivity index (χ0v) is 12.8. The Kier molecular flexibility index (Phi) is 4.07. The van der Waals surface area contributed by atoms with Crippen LogP contribution in [0.2, 0.25) is 0 Å². The Hall–Kier alpha value is -3.48. The van der Waals surface area contributed by atoms with E-state index >= 15 is 0 Å². The molecule has 1 aromatic heterocycles. The van der Waals surface area contributed by atoms with E-state index in [2.05, 4.69) is 10.3 Å². The lowest BCUT2D eigenvalue weighted by molar-refractivity contribution is -0.384. The van der Waals surface area contributed by atoms with Crippen LogP contribution in [0.25, 0.3) is 5.69 Å². The zero-order chi connectivity index (χ0) is 17.1. The van der Waals surface area contributed by atoms with Crippen molar-refractivity contribution in [3.05, 3.63) is 82.4 Å². The van der Waals surface area contributed by atoms with Gasteiger partial charge in [-0.2, -0.15) is 0 Å². The molecule has 3 rings (SSSR count). The number of benzene rings is 2. The van der Waals surface area contributed by atoms with Crippen LogP contribution in [0, 0.1) is 17.0 Å². The number of nitrogens with zero attached hydrogens (tertiary/aromatic N) is 3. The molecule has 3 aromatic rings. The Morgan fingerprint density at radius 2 is 1.96 bits per heavy atom. The van der Waals surface area contributed by atoms with Crippen molar-refractivity contribution in [1.82, 2.24) is 9.55 Å². The summed E-state index contributed by atoms with van der Waals surface area (Å²) in [5, 5.41) is 14.1. The van der Waals surface area contributed by atoms with Gasteiger partial charge in [-0.25, -0.2) is 4.98 Å². The maximum absolute atomic E-state index is 12.3. The van der Waals surface area contributed by atoms with Gasteiger partial charge in [0.2, 0.25) is 0 Å². The summed E-state index contributed by atoms with van der Waals surface area (Å²) in [7, 11) is 0. The van der Waals surface area contributed by atoms with Crippen molar-refractivity contribution in [3.63, 3.8) is 0 Å². The van der Waals surface area contributed by atoms with E-state index in [0.717, 1.165) is 5.56 Å². The predicted molar refractivity (Wildman–Crippen MR) is 89.4 cm³/mol. The van der Waals surface area contributed by atoms with E-state index in [1.807, 2.05) is 19.1 Å². The summed E-state index contributed by atoms with van der Waals surface area (Å²) in [5.74, 6) is -0.404. The van der Waals surface area contributed by atoms with E-state index in [9.17, 15) is 14.9 Å². The van der Waals surface area contributed by atoms with Gasteiger partial charge < -0.3 is 9.88 Å². The van der Waals surface area contributed by atoms with Crippen LogP contribution in [0.4, 0.5) is 11.4 Å². The smallest absolute Gasteiger partial charge is 0.294 e. The van der Waals surface area contributed by atoms with E-state index in [-0.39, 0.29) is 11.3 Å². The number of rotatable bonds is 4. The molecule has 0 aliphatic carbocycles. The second-order valence-electron chi connectivity index (χ2n) is 5.25. The van der Waals surface area contributed by atoms with Crippen LogP contribution < -0.4 is 5.32 Å². The summed E-state index contributed by atoms with van der Waals surface area (Å²) in [5.41, 5.74) is 2.11. The fourth-order valence-electron chi connectivity index (χ4n) is 2.27. The SMILES string of the molecule is Cc1ccc(NC(=O)c2ccc(-n3ccnc3)c([N+](=O)[O-])c2)cc1. The fraction of sp³-hybridized carbons (Fsp3) is 0.0588. The number of nitro groups is 1. The monoisotopic (exact) mass is 322 g/mol. The average molecular weight is 322 g/mol. The van der Waals surface area contributed by atoms with E-state index in [4.69, 9.17) is 0 Å². The van der Waals surface area contributed by atoms with Gasteiger partial charge in [0.1, 0.15) is 5.69 Å². The topological polar surface area (TPSA) is 90.1 Å². The first-order valence-electron chi connectivity index (χ1n) is 7.19. The fourth-order valence-corrected chi connectivity index (χ4v) is 2.27. The standard InChI is InChI=1S/C17H14N4O3/c1-12-2-5-14(6-3-12)19-17(22)13-4-7-15(16(10-13)21(23)24)20-9-8-18-11-20/h2-11H,1H3,(H,19,22). The summed E-state index contributed by atoms with van der Waals surface area (Å²) < 4.78 is 1.53. The molecule has 0 radical (unpaired) electrons. The molecule has 0 atom stereocenters. The second kappa shape index (κ2) is 6.33. The van der Waals surface area contributed by atoms with Gasteiger partial charge >= 0.3 is 0 Å². The van der Waals surface area contributed by atoms with Gasteiger partial charge in [0.25, 0.3) is 11.6 Å². The highest BCUT2D eigenvalue weighted by Crippen LogP contribution is 2.24. The summed E-state index contributed by atoms with van der Waals surface area (Å²) in [4.78, 5) is 27.0. The van der Waals surface area contributed by atoms with Gasteiger partial charge in [0.15, 0.2) is 0 Å². The van der Waals surface area contributed by atoms with Crippen molar-refractivity contribution in [3.8, 4) is 5.69 Å². The first-order chi connectivity index (χ1) is 11.5. The summed E-state index contributed by atoms with van der Waals surface area (Å²) >= 11 is 0. The minimum atomic E-state index is -0.516. The molecule has 1 heterocycles. The second-order valence-corrected chi connectivity index (χ2v) is 5.25. The number of hydrogen-bond donors (Lipinski definition) is 1. The molecule has 0 unspecified atom stereocenters. The Balaban J connectivity index is 1.91. The van der Waals surface area contributed by atoms with Crippen LogP contribution in [0.5, 0.6) is 0 Å². The lowest BCUT2D eigenvalue weighted by Gasteiger charge is -2.08. The van der Waals surface area contributed by atoms with Crippen molar-refractivity contribution < 1.29 is 9.72 Å². The molecule has 0 spiro atoms. The average Bonchev–Trinajstić information content (AvgIpc) is 3.10. The molecular formula is C17H14N4O3. The third-order valence-corrected chi connectivity index (χ3v) is 3.53. The molecule has 2 aromatic carbocycles. The Morgan fingerprint density at radius 1 is 1.21 bits per heavy atom. The number of aryl methyl sites for hydroxylation is 1. The third-order valence-electron chi connectivity index (χ3n) is 3.53. The lowest BCUT2D eigenvalue weighted by atomic mass is 10.1. The van der Waals surface area contributed by atoms with Crippen LogP contribution in [-0.4, -0.2) is 20.4 Å². The number of aromatic nitrogens is 2. The first-order valence-corrected chi connectivity index (χ1v) is 7.19. The van der Waals surface area contributed by atoms with E-state index in [1.165, 1.54) is 29.2 Å². The minimum absolute atomic E-state index is 0.162. The molecular weight excluding hydrogens is 308 g/mol. The molecule has 0 saturated carbocycles. The molecule has 120 valence electrons. The van der Waals surface area contributed by atoms with Gasteiger partial charge in [0, 0.05) is 29.7 Å². The Morgan fingerprint density at radius 3 is 2.58 bits per heavy atom. The van der Waals surface area contributed by atoms with Crippen molar-refractivity contribution >= 4 is 17.3 Å². The number of nitrogens with one attached hydrogen (secondary N) is 1. The van der Waals surface area contributed by atoms with Gasteiger partial charge in [0.05, 0.1) is 11.3 Å². The van der Waals surface area contributed by atoms with E-state index in [1.54, 1.807) is 24.4 Å². The summed E-state index contributed by atoms with van der Waals surface area (Å²) in [6, 6.07) is 11.7. The number of hydrogen-bond acceptors (Lipinski definition) is 4. The molecule has 7 heteroatoms. The molecule has 0 bridgehead atoms. The molecule has 0 aliphatic rings. The van der Waals surface area contributed by atoms with Crippen molar-refractivity contribution in [2.24, 2.45) is 0 Å². The molecule has 0 aliphatic heterocycles. The van der Waals surface area contributed by atoms with Crippen LogP contribution >= 0.6 is 0 Å². The highest BCUT2D eigenvalue weighted by Gasteiger charge is 2.18. The molecule has 1 amide bonds. The van der Waals surface area contributed by atoms with Gasteiger partial charge in [-0.05, 0) is 31.2 Å². The molecule has 0 fully saturated rings. The van der Waals surface area contributed by atoms with Crippen molar-refractivity contribution in [1.29, 1.82) is 0 Å². The van der Waals surface area contributed by atoms with Gasteiger partial charge in [-0.3, -0.25) is 14.9 Å². The minimum Gasteiger partial charge on any atom is -0.322 e. The largest absolute Gasteiger partial charge is 0.322 e. The number of carbonyl (C=O) groups excluding carboxylic acids is 1. The maximum atomic E-state index is 12.3. The quantitative estimate of drug-likeness (QED) is 0.589. The number of amides is 1. The van der Waals surface area contributed by atoms with Gasteiger partial charge in [-0.1, -0.05) is 17.7 Å². The Labute approximate surface area is 137 Å². The highest BCUT2D eigenvalue weighted by molar-refractivity contribution is 6.04. The van der Waals surface area contributed by atoms with Crippen molar-refractivity contribution in [2.45, 2.75) is 6.92 Å². The number of imidazole rings is 1. The van der Waals surface area contributed by atoms with Crippen LogP contribution in [0.15, 0.2) is 61.2 Å². The van der Waals surface area contributed by atoms with Crippen molar-refractivity contribution in [2.75, 3.05) is 5.32 Å². The molecule has 0 saturated heterocycles.